The molecule has 0 spiro atoms. The van der Waals surface area contributed by atoms with Gasteiger partial charge in [0.15, 0.2) is 0 Å². The molecule has 0 bridgehead atoms. The molecule has 0 aliphatic rings. The van der Waals surface area contributed by atoms with Crippen LogP contribution in [0.1, 0.15) is 0 Å². The number of hydrogen-bond acceptors (Lipinski definition) is 0. The molecule has 234 valence electrons. The van der Waals surface area contributed by atoms with Crippen molar-refractivity contribution in [3.63, 3.8) is 0 Å². The van der Waals surface area contributed by atoms with Gasteiger partial charge in [0.1, 0.15) is 0 Å². The largest absolute Gasteiger partial charge is 0.309 e. The second-order valence-electron chi connectivity index (χ2n) is 13.0. The Kier molecular flexibility index (Phi) is 6.53. The molecule has 0 saturated carbocycles. The van der Waals surface area contributed by atoms with Crippen molar-refractivity contribution in [1.29, 1.82) is 0 Å². The van der Waals surface area contributed by atoms with Gasteiger partial charge in [-0.15, -0.1) is 0 Å². The fourth-order valence-corrected chi connectivity index (χ4v) is 7.82. The van der Waals surface area contributed by atoms with Crippen LogP contribution >= 0.6 is 0 Å². The number of aromatic nitrogens is 2. The number of benzene rings is 8. The molecule has 2 aromatic heterocycles. The maximum atomic E-state index is 2.45. The lowest BCUT2D eigenvalue weighted by Crippen LogP contribution is -1.95. The molecule has 2 heteroatoms. The molecule has 0 N–H and O–H groups in total. The molecular weight excluding hydrogens is 605 g/mol. The lowest BCUT2D eigenvalue weighted by Gasteiger charge is -2.13. The van der Waals surface area contributed by atoms with E-state index in [4.69, 9.17) is 0 Å². The van der Waals surface area contributed by atoms with Gasteiger partial charge in [0.25, 0.3) is 0 Å². The average molecular weight is 637 g/mol. The van der Waals surface area contributed by atoms with Crippen molar-refractivity contribution >= 4 is 43.6 Å². The van der Waals surface area contributed by atoms with Gasteiger partial charge in [-0.2, -0.15) is 0 Å². The van der Waals surface area contributed by atoms with E-state index in [1.165, 1.54) is 82.7 Å². The Morgan fingerprint density at radius 3 is 1.36 bits per heavy atom. The molecular formula is C48H32N2. The topological polar surface area (TPSA) is 9.86 Å². The molecule has 50 heavy (non-hydrogen) atoms. The summed E-state index contributed by atoms with van der Waals surface area (Å²) >= 11 is 0. The lowest BCUT2D eigenvalue weighted by atomic mass is 9.95. The van der Waals surface area contributed by atoms with Gasteiger partial charge in [0, 0.05) is 38.5 Å². The van der Waals surface area contributed by atoms with Crippen LogP contribution in [0.3, 0.4) is 0 Å². The third-order valence-electron chi connectivity index (χ3n) is 10.1. The fourth-order valence-electron chi connectivity index (χ4n) is 7.82. The van der Waals surface area contributed by atoms with Crippen LogP contribution in [0, 0.1) is 0 Å². The Balaban J connectivity index is 1.26. The van der Waals surface area contributed by atoms with E-state index in [-0.39, 0.29) is 0 Å². The van der Waals surface area contributed by atoms with Crippen LogP contribution in [0.2, 0.25) is 0 Å². The predicted octanol–water partition coefficient (Wildman–Crippen LogP) is 12.9. The minimum atomic E-state index is 1.15. The molecule has 0 aliphatic heterocycles. The first-order valence-corrected chi connectivity index (χ1v) is 17.2. The first kappa shape index (κ1) is 28.4. The number of nitrogens with zero attached hydrogens (tertiary/aromatic N) is 2. The van der Waals surface area contributed by atoms with Gasteiger partial charge in [-0.25, -0.2) is 0 Å². The zero-order valence-electron chi connectivity index (χ0n) is 27.4. The van der Waals surface area contributed by atoms with Crippen LogP contribution in [-0.2, 0) is 0 Å². The van der Waals surface area contributed by atoms with E-state index in [0.717, 1.165) is 5.69 Å². The highest BCUT2D eigenvalue weighted by Crippen LogP contribution is 2.43. The Morgan fingerprint density at radius 1 is 0.260 bits per heavy atom. The van der Waals surface area contributed by atoms with Crippen molar-refractivity contribution in [3.8, 4) is 44.8 Å². The molecule has 0 aliphatic carbocycles. The first-order valence-electron chi connectivity index (χ1n) is 17.2. The second kappa shape index (κ2) is 11.5. The molecule has 0 atom stereocenters. The maximum absolute atomic E-state index is 2.45. The van der Waals surface area contributed by atoms with Crippen molar-refractivity contribution in [3.05, 3.63) is 194 Å². The molecule has 8 aromatic carbocycles. The van der Waals surface area contributed by atoms with E-state index >= 15 is 0 Å². The van der Waals surface area contributed by atoms with Gasteiger partial charge in [0.05, 0.1) is 22.1 Å². The Hall–Kier alpha value is -6.64. The Bertz CT molecular complexity index is 2830. The minimum absolute atomic E-state index is 1.15. The summed E-state index contributed by atoms with van der Waals surface area (Å²) < 4.78 is 4.82. The van der Waals surface area contributed by atoms with Gasteiger partial charge in [-0.1, -0.05) is 127 Å². The normalized spacial score (nSPS) is 11.6. The van der Waals surface area contributed by atoms with Crippen molar-refractivity contribution < 1.29 is 0 Å². The zero-order chi connectivity index (χ0) is 33.0. The molecule has 2 nitrogen and oxygen atoms in total. The van der Waals surface area contributed by atoms with E-state index in [1.54, 1.807) is 0 Å². The summed E-state index contributed by atoms with van der Waals surface area (Å²) in [6.07, 6.45) is 0. The molecule has 0 fully saturated rings. The molecule has 0 radical (unpaired) electrons. The van der Waals surface area contributed by atoms with E-state index in [9.17, 15) is 0 Å². The van der Waals surface area contributed by atoms with Crippen LogP contribution in [0.25, 0.3) is 88.4 Å². The average Bonchev–Trinajstić information content (AvgIpc) is 3.71. The van der Waals surface area contributed by atoms with Gasteiger partial charge >= 0.3 is 0 Å². The highest BCUT2D eigenvalue weighted by Gasteiger charge is 2.20. The molecule has 10 aromatic rings. The monoisotopic (exact) mass is 636 g/mol. The highest BCUT2D eigenvalue weighted by atomic mass is 15.0. The van der Waals surface area contributed by atoms with Crippen LogP contribution < -0.4 is 0 Å². The number of para-hydroxylation sites is 3. The molecule has 0 amide bonds. The van der Waals surface area contributed by atoms with Gasteiger partial charge in [-0.05, 0) is 94.5 Å². The van der Waals surface area contributed by atoms with E-state index in [0.29, 0.717) is 0 Å². The van der Waals surface area contributed by atoms with E-state index < -0.39 is 0 Å². The lowest BCUT2D eigenvalue weighted by molar-refractivity contribution is 1.18. The van der Waals surface area contributed by atoms with Crippen molar-refractivity contribution in [2.24, 2.45) is 0 Å². The quantitative estimate of drug-likeness (QED) is 0.178. The zero-order valence-corrected chi connectivity index (χ0v) is 27.4. The summed E-state index contributed by atoms with van der Waals surface area (Å²) in [5.41, 5.74) is 14.4. The van der Waals surface area contributed by atoms with Crippen LogP contribution in [0.4, 0.5) is 0 Å². The third-order valence-corrected chi connectivity index (χ3v) is 10.1. The summed E-state index contributed by atoms with van der Waals surface area (Å²) in [5.74, 6) is 0. The van der Waals surface area contributed by atoms with Gasteiger partial charge < -0.3 is 9.13 Å². The molecule has 2 heterocycles. The van der Waals surface area contributed by atoms with Crippen molar-refractivity contribution in [2.45, 2.75) is 0 Å². The number of hydrogen-bond donors (Lipinski definition) is 0. The number of rotatable bonds is 5. The summed E-state index contributed by atoms with van der Waals surface area (Å²) in [6, 6.07) is 70.4. The molecule has 0 unspecified atom stereocenters. The van der Waals surface area contributed by atoms with Crippen LogP contribution in [-0.4, -0.2) is 9.13 Å². The predicted molar refractivity (Wildman–Crippen MR) is 211 cm³/mol. The minimum Gasteiger partial charge on any atom is -0.309 e. The maximum Gasteiger partial charge on any atom is 0.0619 e. The Labute approximate surface area is 290 Å². The summed E-state index contributed by atoms with van der Waals surface area (Å²) in [7, 11) is 0. The van der Waals surface area contributed by atoms with E-state index in [1.807, 2.05) is 0 Å². The second-order valence-corrected chi connectivity index (χ2v) is 13.0. The summed E-state index contributed by atoms with van der Waals surface area (Å²) in [5, 5.41) is 5.00. The van der Waals surface area contributed by atoms with Gasteiger partial charge in [-0.3, -0.25) is 0 Å². The smallest absolute Gasteiger partial charge is 0.0619 e. The third kappa shape index (κ3) is 4.50. The first-order chi connectivity index (χ1) is 24.8. The fraction of sp³-hybridized carbons (Fsp3) is 0. The summed E-state index contributed by atoms with van der Waals surface area (Å²) in [4.78, 5) is 0. The number of fused-ring (bicyclic) bond motifs is 6. The molecule has 10 rings (SSSR count). The standard InChI is InChI=1S/C48H32N2/c1-5-15-33(16-6-1)37-31-41(34-17-7-2-8-18-34)48-44(32-37)43-30-36(26-28-47(43)50(48)39-21-11-4-12-22-39)35-25-27-46-42(29-35)40-23-13-14-24-45(40)49(46)38-19-9-3-10-20-38/h1-32H. The van der Waals surface area contributed by atoms with Gasteiger partial charge in [0.2, 0.25) is 0 Å². The van der Waals surface area contributed by atoms with Crippen molar-refractivity contribution in [2.75, 3.05) is 0 Å². The van der Waals surface area contributed by atoms with E-state index in [2.05, 4.69) is 203 Å². The SMILES string of the molecule is c1ccc(-c2cc(-c3ccccc3)c3c(c2)c2cc(-c4ccc5c(c4)c4ccccc4n5-c4ccccc4)ccc2n3-c2ccccc2)cc1. The van der Waals surface area contributed by atoms with Crippen LogP contribution in [0.5, 0.6) is 0 Å². The van der Waals surface area contributed by atoms with Crippen LogP contribution in [0.15, 0.2) is 194 Å². The summed E-state index contributed by atoms with van der Waals surface area (Å²) in [6.45, 7) is 0. The Morgan fingerprint density at radius 2 is 0.720 bits per heavy atom. The molecule has 0 saturated heterocycles. The van der Waals surface area contributed by atoms with Crippen molar-refractivity contribution in [1.82, 2.24) is 9.13 Å². The highest BCUT2D eigenvalue weighted by molar-refractivity contribution is 6.16.